The van der Waals surface area contributed by atoms with Crippen molar-refractivity contribution in [2.45, 2.75) is 64.8 Å². The summed E-state index contributed by atoms with van der Waals surface area (Å²) in [6.45, 7) is 10.1. The fourth-order valence-electron chi connectivity index (χ4n) is 4.80. The molecule has 0 fully saturated rings. The lowest BCUT2D eigenvalue weighted by Crippen LogP contribution is -2.46. The summed E-state index contributed by atoms with van der Waals surface area (Å²) in [6, 6.07) is 14.5. The number of nitrogens with zero attached hydrogens (tertiary/aromatic N) is 2. The monoisotopic (exact) mass is 511 g/mol. The molecule has 3 rings (SSSR count). The van der Waals surface area contributed by atoms with Crippen LogP contribution in [-0.4, -0.2) is 68.4 Å². The number of hydrogen-bond acceptors (Lipinski definition) is 6. The molecule has 2 aromatic rings. The quantitative estimate of drug-likeness (QED) is 0.348. The first-order chi connectivity index (χ1) is 18.0. The summed E-state index contributed by atoms with van der Waals surface area (Å²) in [7, 11) is 1.71. The molecule has 204 valence electrons. The third kappa shape index (κ3) is 8.37. The Bertz CT molecular complexity index is 975. The van der Waals surface area contributed by atoms with Crippen LogP contribution < -0.4 is 19.9 Å². The van der Waals surface area contributed by atoms with E-state index in [-0.39, 0.29) is 24.7 Å². The molecule has 7 heteroatoms. The van der Waals surface area contributed by atoms with E-state index in [4.69, 9.17) is 19.9 Å². The molecule has 0 aliphatic carbocycles. The van der Waals surface area contributed by atoms with E-state index >= 15 is 0 Å². The van der Waals surface area contributed by atoms with Gasteiger partial charge in [-0.05, 0) is 74.4 Å². The Morgan fingerprint density at radius 3 is 2.59 bits per heavy atom. The molecule has 0 spiro atoms. The van der Waals surface area contributed by atoms with E-state index in [9.17, 15) is 4.79 Å². The van der Waals surface area contributed by atoms with Crippen molar-refractivity contribution in [3.63, 3.8) is 0 Å². The number of hydrogen-bond donors (Lipinski definition) is 1. The van der Waals surface area contributed by atoms with Gasteiger partial charge in [0.15, 0.2) is 11.5 Å². The van der Waals surface area contributed by atoms with Gasteiger partial charge >= 0.3 is 0 Å². The van der Waals surface area contributed by atoms with Gasteiger partial charge in [-0.15, -0.1) is 0 Å². The topological polar surface area (TPSA) is 77.3 Å². The number of aryl methyl sites for hydroxylation is 1. The van der Waals surface area contributed by atoms with E-state index in [1.165, 1.54) is 11.1 Å². The Morgan fingerprint density at radius 2 is 1.84 bits per heavy atom. The lowest BCUT2D eigenvalue weighted by Gasteiger charge is -2.33. The highest BCUT2D eigenvalue weighted by molar-refractivity contribution is 5.78. The number of fused-ring (bicyclic) bond motifs is 1. The van der Waals surface area contributed by atoms with Crippen LogP contribution in [0.5, 0.6) is 17.2 Å². The highest BCUT2D eigenvalue weighted by atomic mass is 16.7. The van der Waals surface area contributed by atoms with Crippen LogP contribution in [0.15, 0.2) is 42.5 Å². The van der Waals surface area contributed by atoms with Gasteiger partial charge in [0.05, 0.1) is 13.7 Å². The van der Waals surface area contributed by atoms with Crippen LogP contribution in [0.3, 0.4) is 0 Å². The second kappa shape index (κ2) is 14.8. The minimum absolute atomic E-state index is 0.184. The first-order valence-corrected chi connectivity index (χ1v) is 13.7. The van der Waals surface area contributed by atoms with Crippen LogP contribution in [-0.2, 0) is 11.2 Å². The maximum absolute atomic E-state index is 13.5. The van der Waals surface area contributed by atoms with Gasteiger partial charge in [0, 0.05) is 25.7 Å². The number of benzene rings is 2. The number of rotatable bonds is 16. The number of ether oxygens (including phenoxy) is 3. The molecule has 1 aliphatic heterocycles. The van der Waals surface area contributed by atoms with E-state index in [1.54, 1.807) is 7.11 Å². The van der Waals surface area contributed by atoms with Crippen LogP contribution in [0, 0.1) is 0 Å². The van der Waals surface area contributed by atoms with Crippen molar-refractivity contribution in [3.8, 4) is 17.2 Å². The smallest absolute Gasteiger partial charge is 0.236 e. The number of nitrogens with two attached hydrogens (primary N) is 1. The number of para-hydroxylation sites is 1. The molecule has 0 bridgehead atoms. The highest BCUT2D eigenvalue weighted by Gasteiger charge is 2.24. The fourth-order valence-corrected chi connectivity index (χ4v) is 4.80. The summed E-state index contributed by atoms with van der Waals surface area (Å²) in [5.74, 6) is 2.91. The molecule has 37 heavy (non-hydrogen) atoms. The zero-order valence-corrected chi connectivity index (χ0v) is 23.1. The van der Waals surface area contributed by atoms with Crippen LogP contribution in [0.1, 0.15) is 63.5 Å². The lowest BCUT2D eigenvalue weighted by molar-refractivity contribution is -0.133. The summed E-state index contributed by atoms with van der Waals surface area (Å²) < 4.78 is 16.7. The maximum Gasteiger partial charge on any atom is 0.236 e. The highest BCUT2D eigenvalue weighted by Crippen LogP contribution is 2.35. The Kier molecular flexibility index (Phi) is 11.5. The summed E-state index contributed by atoms with van der Waals surface area (Å²) in [4.78, 5) is 17.8. The molecule has 1 amide bonds. The number of methoxy groups -OCH3 is 1. The minimum Gasteiger partial charge on any atom is -0.496 e. The first-order valence-electron chi connectivity index (χ1n) is 13.7. The van der Waals surface area contributed by atoms with E-state index in [2.05, 4.69) is 49.9 Å². The number of unbranched alkanes of at least 4 members (excludes halogenated alkanes) is 1. The van der Waals surface area contributed by atoms with Gasteiger partial charge in [-0.2, -0.15) is 0 Å². The van der Waals surface area contributed by atoms with Crippen molar-refractivity contribution in [2.24, 2.45) is 5.73 Å². The Balaban J connectivity index is 1.74. The standard InChI is InChI=1S/C30H45N3O4/c1-5-6-17-32(18-9-16-31)30(34)21-33(24(3)12-13-25-10-7-8-11-27(25)35-4)20-23(2)26-14-15-28-29(19-26)37-22-36-28/h7-8,10-11,14-15,19,23-24H,5-6,9,12-13,16-18,20-22,31H2,1-4H3/t23-,24-/m1/s1. The van der Waals surface area contributed by atoms with E-state index in [0.29, 0.717) is 13.1 Å². The molecule has 1 aliphatic rings. The minimum atomic E-state index is 0.184. The second-order valence-electron chi connectivity index (χ2n) is 10.0. The van der Waals surface area contributed by atoms with Gasteiger partial charge < -0.3 is 24.8 Å². The number of amides is 1. The van der Waals surface area contributed by atoms with Crippen LogP contribution in [0.2, 0.25) is 0 Å². The molecular weight excluding hydrogens is 466 g/mol. The summed E-state index contributed by atoms with van der Waals surface area (Å²) in [6.07, 6.45) is 4.71. The van der Waals surface area contributed by atoms with Crippen molar-refractivity contribution in [3.05, 3.63) is 53.6 Å². The zero-order valence-electron chi connectivity index (χ0n) is 23.1. The average Bonchev–Trinajstić information content (AvgIpc) is 3.39. The second-order valence-corrected chi connectivity index (χ2v) is 10.0. The third-order valence-corrected chi connectivity index (χ3v) is 7.23. The molecule has 2 N–H and O–H groups in total. The van der Waals surface area contributed by atoms with Gasteiger partial charge in [-0.1, -0.05) is 44.5 Å². The predicted octanol–water partition coefficient (Wildman–Crippen LogP) is 4.83. The third-order valence-electron chi connectivity index (χ3n) is 7.23. The van der Waals surface area contributed by atoms with Crippen LogP contribution >= 0.6 is 0 Å². The van der Waals surface area contributed by atoms with Gasteiger partial charge in [0.1, 0.15) is 5.75 Å². The van der Waals surface area contributed by atoms with E-state index in [1.807, 2.05) is 23.1 Å². The van der Waals surface area contributed by atoms with Crippen molar-refractivity contribution in [1.82, 2.24) is 9.80 Å². The van der Waals surface area contributed by atoms with Crippen molar-refractivity contribution in [2.75, 3.05) is 46.6 Å². The molecule has 0 unspecified atom stereocenters. The van der Waals surface area contributed by atoms with E-state index in [0.717, 1.165) is 69.0 Å². The summed E-state index contributed by atoms with van der Waals surface area (Å²) >= 11 is 0. The molecule has 0 saturated heterocycles. The number of carbonyl (C=O) groups is 1. The Morgan fingerprint density at radius 1 is 1.08 bits per heavy atom. The molecule has 7 nitrogen and oxygen atoms in total. The van der Waals surface area contributed by atoms with Crippen LogP contribution in [0.4, 0.5) is 0 Å². The summed E-state index contributed by atoms with van der Waals surface area (Å²) in [5.41, 5.74) is 8.14. The average molecular weight is 512 g/mol. The molecular formula is C30H45N3O4. The maximum atomic E-state index is 13.5. The van der Waals surface area contributed by atoms with Crippen LogP contribution in [0.25, 0.3) is 0 Å². The Labute approximate surface area is 222 Å². The molecule has 2 aromatic carbocycles. The van der Waals surface area contributed by atoms with Gasteiger partial charge in [-0.25, -0.2) is 0 Å². The largest absolute Gasteiger partial charge is 0.496 e. The SMILES string of the molecule is CCCCN(CCCN)C(=O)CN(C[C@@H](C)c1ccc2c(c1)OCO2)[C@H](C)CCc1ccccc1OC. The van der Waals surface area contributed by atoms with Gasteiger partial charge in [0.2, 0.25) is 12.7 Å². The van der Waals surface area contributed by atoms with Crippen molar-refractivity contribution in [1.29, 1.82) is 0 Å². The normalized spacial score (nSPS) is 14.0. The number of carbonyl (C=O) groups excluding carboxylic acids is 1. The van der Waals surface area contributed by atoms with Crippen molar-refractivity contribution < 1.29 is 19.0 Å². The predicted molar refractivity (Wildman–Crippen MR) is 148 cm³/mol. The molecule has 0 aromatic heterocycles. The molecule has 1 heterocycles. The van der Waals surface area contributed by atoms with Crippen molar-refractivity contribution >= 4 is 5.91 Å². The zero-order chi connectivity index (χ0) is 26.6. The first kappa shape index (κ1) is 28.8. The molecule has 0 saturated carbocycles. The summed E-state index contributed by atoms with van der Waals surface area (Å²) in [5, 5.41) is 0. The Hall–Kier alpha value is -2.77. The molecule has 2 atom stereocenters. The fraction of sp³-hybridized carbons (Fsp3) is 0.567. The van der Waals surface area contributed by atoms with Gasteiger partial charge in [0.25, 0.3) is 0 Å². The molecule has 0 radical (unpaired) electrons. The van der Waals surface area contributed by atoms with E-state index < -0.39 is 0 Å². The lowest BCUT2D eigenvalue weighted by atomic mass is 9.98. The van der Waals surface area contributed by atoms with Gasteiger partial charge in [-0.3, -0.25) is 9.69 Å².